The van der Waals surface area contributed by atoms with Gasteiger partial charge < -0.3 is 14.2 Å². The smallest absolute Gasteiger partial charge is 0.192 e. The van der Waals surface area contributed by atoms with Crippen molar-refractivity contribution in [3.05, 3.63) is 29.8 Å². The van der Waals surface area contributed by atoms with E-state index in [1.807, 2.05) is 12.1 Å². The highest BCUT2D eigenvalue weighted by molar-refractivity contribution is 5.99. The van der Waals surface area contributed by atoms with Crippen LogP contribution >= 0.6 is 0 Å². The summed E-state index contributed by atoms with van der Waals surface area (Å²) in [5.74, 6) is 0.522. The zero-order chi connectivity index (χ0) is 12.8. The van der Waals surface area contributed by atoms with Crippen LogP contribution in [0.4, 0.5) is 0 Å². The largest absolute Gasteiger partial charge is 0.496 e. The zero-order valence-electron chi connectivity index (χ0n) is 10.6. The molecule has 1 fully saturated rings. The van der Waals surface area contributed by atoms with E-state index in [2.05, 4.69) is 0 Å². The van der Waals surface area contributed by atoms with Gasteiger partial charge in [0.25, 0.3) is 0 Å². The molecule has 98 valence electrons. The molecule has 1 aliphatic rings. The number of hydrogen-bond acceptors (Lipinski definition) is 4. The van der Waals surface area contributed by atoms with E-state index in [9.17, 15) is 4.79 Å². The van der Waals surface area contributed by atoms with Gasteiger partial charge in [-0.15, -0.1) is 0 Å². The van der Waals surface area contributed by atoms with Gasteiger partial charge in [-0.1, -0.05) is 12.1 Å². The molecule has 0 amide bonds. The van der Waals surface area contributed by atoms with Crippen molar-refractivity contribution in [3.63, 3.8) is 0 Å². The van der Waals surface area contributed by atoms with Crippen molar-refractivity contribution in [1.82, 2.24) is 0 Å². The molecule has 0 bridgehead atoms. The Hall–Kier alpha value is -1.39. The summed E-state index contributed by atoms with van der Waals surface area (Å²) in [7, 11) is 1.55. The lowest BCUT2D eigenvalue weighted by atomic mass is 10.1. The lowest BCUT2D eigenvalue weighted by Crippen LogP contribution is -2.18. The van der Waals surface area contributed by atoms with Gasteiger partial charge >= 0.3 is 0 Å². The van der Waals surface area contributed by atoms with Crippen LogP contribution in [0.2, 0.25) is 0 Å². The molecule has 1 aromatic carbocycles. The molecule has 0 saturated carbocycles. The molecule has 0 N–H and O–H groups in total. The van der Waals surface area contributed by atoms with Crippen LogP contribution in [-0.2, 0) is 9.47 Å². The van der Waals surface area contributed by atoms with Crippen molar-refractivity contribution in [1.29, 1.82) is 0 Å². The molecular weight excluding hydrogens is 232 g/mol. The highest BCUT2D eigenvalue weighted by Gasteiger charge is 2.17. The second kappa shape index (κ2) is 6.52. The Morgan fingerprint density at radius 2 is 2.28 bits per heavy atom. The molecule has 1 unspecified atom stereocenters. The number of ketones is 1. The van der Waals surface area contributed by atoms with Crippen LogP contribution in [0.5, 0.6) is 5.75 Å². The van der Waals surface area contributed by atoms with E-state index in [0.29, 0.717) is 17.9 Å². The van der Waals surface area contributed by atoms with E-state index < -0.39 is 0 Å². The van der Waals surface area contributed by atoms with Crippen LogP contribution in [0.25, 0.3) is 0 Å². The van der Waals surface area contributed by atoms with E-state index in [-0.39, 0.29) is 18.5 Å². The molecule has 1 saturated heterocycles. The first kappa shape index (κ1) is 13.1. The van der Waals surface area contributed by atoms with Crippen molar-refractivity contribution in [2.45, 2.75) is 18.9 Å². The fourth-order valence-corrected chi connectivity index (χ4v) is 2.01. The maximum absolute atomic E-state index is 12.0. The number of carbonyl (C=O) groups is 1. The minimum absolute atomic E-state index is 0.0644. The summed E-state index contributed by atoms with van der Waals surface area (Å²) in [6, 6.07) is 7.17. The van der Waals surface area contributed by atoms with Crippen LogP contribution in [0.15, 0.2) is 24.3 Å². The number of ether oxygens (including phenoxy) is 3. The Labute approximate surface area is 107 Å². The van der Waals surface area contributed by atoms with Crippen LogP contribution in [-0.4, -0.2) is 38.8 Å². The Morgan fingerprint density at radius 3 is 3.00 bits per heavy atom. The quantitative estimate of drug-likeness (QED) is 0.725. The first-order valence-electron chi connectivity index (χ1n) is 6.17. The number of hydrogen-bond donors (Lipinski definition) is 0. The third-order valence-electron chi connectivity index (χ3n) is 2.97. The van der Waals surface area contributed by atoms with Crippen molar-refractivity contribution in [2.24, 2.45) is 0 Å². The minimum atomic E-state index is -0.0644. The average molecular weight is 250 g/mol. The summed E-state index contributed by atoms with van der Waals surface area (Å²) < 4.78 is 16.0. The fourth-order valence-electron chi connectivity index (χ4n) is 2.01. The van der Waals surface area contributed by atoms with Crippen molar-refractivity contribution < 1.29 is 19.0 Å². The first-order chi connectivity index (χ1) is 8.81. The van der Waals surface area contributed by atoms with Gasteiger partial charge in [0.15, 0.2) is 5.78 Å². The molecule has 1 aromatic rings. The van der Waals surface area contributed by atoms with Crippen molar-refractivity contribution >= 4 is 5.78 Å². The van der Waals surface area contributed by atoms with Crippen LogP contribution in [0.3, 0.4) is 0 Å². The second-order valence-electron chi connectivity index (χ2n) is 4.27. The molecule has 0 aliphatic carbocycles. The number of Topliss-reactive ketones (excluding diaryl/α,β-unsaturated/α-hetero) is 1. The molecule has 0 spiro atoms. The van der Waals surface area contributed by atoms with Gasteiger partial charge in [-0.3, -0.25) is 4.79 Å². The Morgan fingerprint density at radius 1 is 1.44 bits per heavy atom. The van der Waals surface area contributed by atoms with Gasteiger partial charge in [0, 0.05) is 6.61 Å². The van der Waals surface area contributed by atoms with E-state index in [0.717, 1.165) is 19.4 Å². The molecule has 4 nitrogen and oxygen atoms in total. The van der Waals surface area contributed by atoms with Gasteiger partial charge in [-0.25, -0.2) is 0 Å². The highest BCUT2D eigenvalue weighted by atomic mass is 16.5. The lowest BCUT2D eigenvalue weighted by Gasteiger charge is -2.10. The molecule has 1 heterocycles. The SMILES string of the molecule is COc1ccccc1C(=O)COCC1CCCO1. The monoisotopic (exact) mass is 250 g/mol. The molecule has 18 heavy (non-hydrogen) atoms. The number of benzene rings is 1. The van der Waals surface area contributed by atoms with E-state index in [4.69, 9.17) is 14.2 Å². The Kier molecular flexibility index (Phi) is 4.73. The van der Waals surface area contributed by atoms with Gasteiger partial charge in [0.1, 0.15) is 12.4 Å². The number of carbonyl (C=O) groups excluding carboxylic acids is 1. The fraction of sp³-hybridized carbons (Fsp3) is 0.500. The van der Waals surface area contributed by atoms with Gasteiger partial charge in [-0.2, -0.15) is 0 Å². The summed E-state index contributed by atoms with van der Waals surface area (Å²) in [5, 5.41) is 0. The third kappa shape index (κ3) is 3.31. The molecular formula is C14H18O4. The van der Waals surface area contributed by atoms with E-state index in [1.165, 1.54) is 0 Å². The normalized spacial score (nSPS) is 18.8. The summed E-state index contributed by atoms with van der Waals surface area (Å²) in [6.07, 6.45) is 2.24. The standard InChI is InChI=1S/C14H18O4/c1-16-14-7-3-2-6-12(14)13(15)10-17-9-11-5-4-8-18-11/h2-3,6-7,11H,4-5,8-10H2,1H3. The topological polar surface area (TPSA) is 44.8 Å². The van der Waals surface area contributed by atoms with Crippen LogP contribution in [0, 0.1) is 0 Å². The van der Waals surface area contributed by atoms with Crippen molar-refractivity contribution in [2.75, 3.05) is 26.9 Å². The molecule has 1 atom stereocenters. The Bertz CT molecular complexity index is 397. The van der Waals surface area contributed by atoms with Crippen molar-refractivity contribution in [3.8, 4) is 5.75 Å². The number of para-hydroxylation sites is 1. The summed E-state index contributed by atoms with van der Waals surface area (Å²) in [5.41, 5.74) is 0.562. The van der Waals surface area contributed by atoms with Gasteiger partial charge in [0.2, 0.25) is 0 Å². The zero-order valence-corrected chi connectivity index (χ0v) is 10.6. The second-order valence-corrected chi connectivity index (χ2v) is 4.27. The maximum Gasteiger partial charge on any atom is 0.192 e. The molecule has 2 rings (SSSR count). The predicted octanol–water partition coefficient (Wildman–Crippen LogP) is 2.07. The highest BCUT2D eigenvalue weighted by Crippen LogP contribution is 2.18. The maximum atomic E-state index is 12.0. The molecule has 1 aliphatic heterocycles. The number of methoxy groups -OCH3 is 1. The first-order valence-corrected chi connectivity index (χ1v) is 6.17. The minimum Gasteiger partial charge on any atom is -0.496 e. The lowest BCUT2D eigenvalue weighted by molar-refractivity contribution is 0.0189. The average Bonchev–Trinajstić information content (AvgIpc) is 2.91. The third-order valence-corrected chi connectivity index (χ3v) is 2.97. The van der Waals surface area contributed by atoms with Crippen LogP contribution < -0.4 is 4.74 Å². The Balaban J connectivity index is 1.83. The van der Waals surface area contributed by atoms with Crippen LogP contribution in [0.1, 0.15) is 23.2 Å². The summed E-state index contributed by atoms with van der Waals surface area (Å²) in [6.45, 7) is 1.36. The summed E-state index contributed by atoms with van der Waals surface area (Å²) in [4.78, 5) is 12.0. The predicted molar refractivity (Wildman–Crippen MR) is 67.1 cm³/mol. The van der Waals surface area contributed by atoms with Gasteiger partial charge in [0.05, 0.1) is 25.4 Å². The summed E-state index contributed by atoms with van der Waals surface area (Å²) >= 11 is 0. The van der Waals surface area contributed by atoms with E-state index >= 15 is 0 Å². The molecule has 0 aromatic heterocycles. The molecule has 0 radical (unpaired) electrons. The molecule has 4 heteroatoms. The number of rotatable bonds is 6. The van der Waals surface area contributed by atoms with Gasteiger partial charge in [-0.05, 0) is 25.0 Å². The van der Waals surface area contributed by atoms with E-state index in [1.54, 1.807) is 19.2 Å².